The second kappa shape index (κ2) is 12.1. The molecule has 0 aliphatic carbocycles. The van der Waals surface area contributed by atoms with Gasteiger partial charge in [0.1, 0.15) is 22.3 Å². The first kappa shape index (κ1) is 30.3. The molecular weight excluding hydrogens is 663 g/mol. The van der Waals surface area contributed by atoms with E-state index in [0.29, 0.717) is 17.5 Å². The Bertz CT molecular complexity index is 3140. The van der Waals surface area contributed by atoms with Gasteiger partial charge >= 0.3 is 0 Å². The molecule has 54 heavy (non-hydrogen) atoms. The molecule has 11 aromatic rings. The monoisotopic (exact) mass is 691 g/mol. The molecule has 0 bridgehead atoms. The number of benzene rings is 8. The van der Waals surface area contributed by atoms with Gasteiger partial charge in [-0.3, -0.25) is 0 Å². The Kier molecular flexibility index (Phi) is 6.79. The lowest BCUT2D eigenvalue weighted by Gasteiger charge is -2.10. The van der Waals surface area contributed by atoms with Gasteiger partial charge in [0.05, 0.1) is 0 Å². The Morgan fingerprint density at radius 1 is 0.296 bits per heavy atom. The largest absolute Gasteiger partial charge is 0.455 e. The molecule has 0 amide bonds. The van der Waals surface area contributed by atoms with E-state index in [-0.39, 0.29) is 0 Å². The fourth-order valence-electron chi connectivity index (χ4n) is 7.81. The number of nitrogens with zero attached hydrogens (tertiary/aromatic N) is 3. The molecule has 0 unspecified atom stereocenters. The highest BCUT2D eigenvalue weighted by molar-refractivity contribution is 6.23. The van der Waals surface area contributed by atoms with Gasteiger partial charge in [-0.25, -0.2) is 15.0 Å². The van der Waals surface area contributed by atoms with E-state index in [2.05, 4.69) is 103 Å². The number of hydrogen-bond donors (Lipinski definition) is 0. The maximum Gasteiger partial charge on any atom is 0.164 e. The lowest BCUT2D eigenvalue weighted by molar-refractivity contribution is 0.670. The average Bonchev–Trinajstić information content (AvgIpc) is 3.83. The van der Waals surface area contributed by atoms with Crippen LogP contribution in [0.5, 0.6) is 0 Å². The molecule has 3 heterocycles. The summed E-state index contributed by atoms with van der Waals surface area (Å²) in [6, 6.07) is 60.3. The first-order valence-corrected chi connectivity index (χ1v) is 18.0. The van der Waals surface area contributed by atoms with Crippen molar-refractivity contribution in [2.75, 3.05) is 0 Å². The van der Waals surface area contributed by atoms with Gasteiger partial charge in [-0.2, -0.15) is 0 Å². The second-order valence-electron chi connectivity index (χ2n) is 13.5. The summed E-state index contributed by atoms with van der Waals surface area (Å²) in [6.45, 7) is 0. The number of hydrogen-bond acceptors (Lipinski definition) is 5. The van der Waals surface area contributed by atoms with Gasteiger partial charge in [-0.15, -0.1) is 0 Å². The number of furan rings is 2. The van der Waals surface area contributed by atoms with Crippen LogP contribution in [0.3, 0.4) is 0 Å². The SMILES string of the molecule is c1ccc(-c2nc(-c3ccccc3)nc(-c3ccc(-c4cccc5oc6c7ccccc7c(-c7cccc8c7oc7ccccc78)cc6c45)cc3)n2)cc1. The van der Waals surface area contributed by atoms with Crippen molar-refractivity contribution < 1.29 is 8.83 Å². The topological polar surface area (TPSA) is 65.0 Å². The maximum absolute atomic E-state index is 6.71. The van der Waals surface area contributed by atoms with Crippen LogP contribution in [0.25, 0.3) is 111 Å². The van der Waals surface area contributed by atoms with Gasteiger partial charge in [-0.05, 0) is 40.3 Å². The van der Waals surface area contributed by atoms with E-state index in [0.717, 1.165) is 93.6 Å². The molecule has 0 radical (unpaired) electrons. The first-order chi connectivity index (χ1) is 26.8. The van der Waals surface area contributed by atoms with Crippen molar-refractivity contribution in [3.05, 3.63) is 176 Å². The van der Waals surface area contributed by atoms with Gasteiger partial charge in [0.15, 0.2) is 17.5 Å². The van der Waals surface area contributed by atoms with E-state index in [1.54, 1.807) is 0 Å². The van der Waals surface area contributed by atoms with Crippen LogP contribution >= 0.6 is 0 Å². The number of rotatable bonds is 5. The predicted molar refractivity (Wildman–Crippen MR) is 219 cm³/mol. The third kappa shape index (κ3) is 4.83. The molecule has 5 nitrogen and oxygen atoms in total. The van der Waals surface area contributed by atoms with Gasteiger partial charge < -0.3 is 8.83 Å². The Hall–Kier alpha value is -7.37. The van der Waals surface area contributed by atoms with E-state index in [1.165, 1.54) is 0 Å². The van der Waals surface area contributed by atoms with Crippen molar-refractivity contribution >= 4 is 54.6 Å². The van der Waals surface area contributed by atoms with Gasteiger partial charge in [0, 0.05) is 49.2 Å². The van der Waals surface area contributed by atoms with Crippen molar-refractivity contribution in [3.8, 4) is 56.4 Å². The van der Waals surface area contributed by atoms with Crippen LogP contribution < -0.4 is 0 Å². The predicted octanol–water partition coefficient (Wildman–Crippen LogP) is 13.2. The minimum atomic E-state index is 0.622. The Morgan fingerprint density at radius 2 is 0.778 bits per heavy atom. The van der Waals surface area contributed by atoms with Crippen LogP contribution in [0.2, 0.25) is 0 Å². The van der Waals surface area contributed by atoms with Crippen molar-refractivity contribution in [3.63, 3.8) is 0 Å². The number of aromatic nitrogens is 3. The van der Waals surface area contributed by atoms with Gasteiger partial charge in [0.25, 0.3) is 0 Å². The lowest BCUT2D eigenvalue weighted by atomic mass is 9.92. The summed E-state index contributed by atoms with van der Waals surface area (Å²) in [5, 5.41) is 6.53. The fourth-order valence-corrected chi connectivity index (χ4v) is 7.81. The molecule has 0 spiro atoms. The van der Waals surface area contributed by atoms with E-state index in [1.807, 2.05) is 72.8 Å². The smallest absolute Gasteiger partial charge is 0.164 e. The molecule has 5 heteroatoms. The molecule has 0 N–H and O–H groups in total. The van der Waals surface area contributed by atoms with Crippen molar-refractivity contribution in [1.29, 1.82) is 0 Å². The molecule has 0 fully saturated rings. The molecule has 0 aliphatic heterocycles. The summed E-state index contributed by atoms with van der Waals surface area (Å²) in [4.78, 5) is 14.7. The summed E-state index contributed by atoms with van der Waals surface area (Å²) in [6.07, 6.45) is 0. The van der Waals surface area contributed by atoms with Gasteiger partial charge in [0.2, 0.25) is 0 Å². The summed E-state index contributed by atoms with van der Waals surface area (Å²) in [7, 11) is 0. The van der Waals surface area contributed by atoms with E-state index in [9.17, 15) is 0 Å². The summed E-state index contributed by atoms with van der Waals surface area (Å²) < 4.78 is 13.2. The molecule has 0 aliphatic rings. The standard InChI is InChI=1S/C49H29N3O2/c1-3-13-31(14-4-1)47-50-48(32-15-5-2-6-16-32)52-49(51-47)33-27-25-30(26-28-33)34-20-12-24-43-44(34)41-29-40(35-17-7-8-19-37(35)46(41)54-43)39-22-11-21-38-36-18-9-10-23-42(36)53-45(38)39/h1-29H. The van der Waals surface area contributed by atoms with Crippen LogP contribution in [-0.2, 0) is 0 Å². The van der Waals surface area contributed by atoms with Crippen LogP contribution in [0.1, 0.15) is 0 Å². The highest BCUT2D eigenvalue weighted by atomic mass is 16.3. The molecule has 11 rings (SSSR count). The molecular formula is C49H29N3O2. The van der Waals surface area contributed by atoms with Crippen LogP contribution in [0, 0.1) is 0 Å². The molecule has 252 valence electrons. The summed E-state index contributed by atoms with van der Waals surface area (Å²) >= 11 is 0. The third-order valence-electron chi connectivity index (χ3n) is 10.4. The minimum Gasteiger partial charge on any atom is -0.455 e. The normalized spacial score (nSPS) is 11.7. The van der Waals surface area contributed by atoms with Crippen molar-refractivity contribution in [2.24, 2.45) is 0 Å². The fraction of sp³-hybridized carbons (Fsp3) is 0. The first-order valence-electron chi connectivity index (χ1n) is 18.0. The lowest BCUT2D eigenvalue weighted by Crippen LogP contribution is -2.00. The Balaban J connectivity index is 1.08. The van der Waals surface area contributed by atoms with Crippen LogP contribution in [0.15, 0.2) is 185 Å². The Labute approximate surface area is 309 Å². The summed E-state index contributed by atoms with van der Waals surface area (Å²) in [5.74, 6) is 1.90. The highest BCUT2D eigenvalue weighted by Crippen LogP contribution is 2.45. The number of fused-ring (bicyclic) bond motifs is 8. The van der Waals surface area contributed by atoms with E-state index < -0.39 is 0 Å². The van der Waals surface area contributed by atoms with Gasteiger partial charge in [-0.1, -0.05) is 158 Å². The van der Waals surface area contributed by atoms with Crippen LogP contribution in [0.4, 0.5) is 0 Å². The zero-order valence-electron chi connectivity index (χ0n) is 28.9. The van der Waals surface area contributed by atoms with Crippen molar-refractivity contribution in [1.82, 2.24) is 15.0 Å². The molecule has 0 saturated carbocycles. The zero-order chi connectivity index (χ0) is 35.6. The average molecular weight is 692 g/mol. The third-order valence-corrected chi connectivity index (χ3v) is 10.4. The summed E-state index contributed by atoms with van der Waals surface area (Å²) in [5.41, 5.74) is 10.6. The van der Waals surface area contributed by atoms with Crippen LogP contribution in [-0.4, -0.2) is 15.0 Å². The Morgan fingerprint density at radius 3 is 1.48 bits per heavy atom. The zero-order valence-corrected chi connectivity index (χ0v) is 28.9. The van der Waals surface area contributed by atoms with E-state index >= 15 is 0 Å². The highest BCUT2D eigenvalue weighted by Gasteiger charge is 2.20. The quantitative estimate of drug-likeness (QED) is 0.180. The van der Waals surface area contributed by atoms with Crippen molar-refractivity contribution in [2.45, 2.75) is 0 Å². The van der Waals surface area contributed by atoms with E-state index in [4.69, 9.17) is 23.8 Å². The molecule has 0 saturated heterocycles. The maximum atomic E-state index is 6.71. The molecule has 3 aromatic heterocycles. The molecule has 0 atom stereocenters. The second-order valence-corrected chi connectivity index (χ2v) is 13.5. The number of para-hydroxylation sites is 2. The minimum absolute atomic E-state index is 0.622. The molecule has 8 aromatic carbocycles.